The number of carbonyl (C=O) groups excluding carboxylic acids is 1. The molecule has 47 heavy (non-hydrogen) atoms. The molecule has 1 aliphatic rings. The van der Waals surface area contributed by atoms with Gasteiger partial charge >= 0.3 is 0 Å². The molecule has 0 saturated carbocycles. The number of carbonyl (C=O) groups is 1. The Morgan fingerprint density at radius 2 is 1.57 bits per heavy atom. The molecular weight excluding hydrogens is 582 g/mol. The van der Waals surface area contributed by atoms with E-state index in [9.17, 15) is 0 Å². The molecule has 0 spiro atoms. The lowest BCUT2D eigenvalue weighted by Crippen LogP contribution is -2.39. The summed E-state index contributed by atoms with van der Waals surface area (Å²) in [5.41, 5.74) is 10.1. The first-order valence-electron chi connectivity index (χ1n) is 16.2. The van der Waals surface area contributed by atoms with Crippen LogP contribution in [0.4, 0.5) is 5.69 Å². The molecule has 5 aromatic rings. The van der Waals surface area contributed by atoms with Gasteiger partial charge in [-0.15, -0.1) is 0 Å². The lowest BCUT2D eigenvalue weighted by atomic mass is 10.0. The first-order valence-corrected chi connectivity index (χ1v) is 16.2. The second kappa shape index (κ2) is 18.1. The summed E-state index contributed by atoms with van der Waals surface area (Å²) in [4.78, 5) is 13.8. The van der Waals surface area contributed by atoms with Gasteiger partial charge in [0.25, 0.3) is 0 Å². The molecule has 1 fully saturated rings. The average molecular weight is 630 g/mol. The van der Waals surface area contributed by atoms with E-state index in [1.54, 1.807) is 0 Å². The molecule has 0 radical (unpaired) electrons. The standard InChI is InChI=1S/C28H31N5.C10H13N.CH3NO/c29-27(15-14-21-18-32-26-13-4-3-12-25(21)26)33(28(30)17-23-10-6-16-31-23)19-22-9-5-8-20-7-1-2-11-24(20)22;1-9(2)8-11-10-6-4-3-5-7-10;2-1-3/h1-5,7-9,11-13,18,23,29-32H,6,10,14-17,19H2;3-8,11H,1-2H3;1H,(H2,2,3). The molecular formula is C39H47N7O. The number of amides is 1. The molecule has 0 aliphatic carbocycles. The van der Waals surface area contributed by atoms with Crippen molar-refractivity contribution in [2.45, 2.75) is 58.5 Å². The normalized spacial score (nSPS) is 13.4. The maximum absolute atomic E-state index is 8.97. The Balaban J connectivity index is 0.000000299. The molecule has 1 aliphatic heterocycles. The van der Waals surface area contributed by atoms with Crippen LogP contribution in [0.2, 0.25) is 0 Å². The van der Waals surface area contributed by atoms with Gasteiger partial charge in [-0.25, -0.2) is 0 Å². The largest absolute Gasteiger partial charge is 0.372 e. The number of aromatic amines is 1. The highest BCUT2D eigenvalue weighted by Crippen LogP contribution is 2.23. The highest BCUT2D eigenvalue weighted by Gasteiger charge is 2.22. The number of allylic oxidation sites excluding steroid dienone is 1. The quantitative estimate of drug-likeness (QED) is 0.0560. The van der Waals surface area contributed by atoms with Crippen LogP contribution in [0.15, 0.2) is 115 Å². The van der Waals surface area contributed by atoms with Crippen LogP contribution in [0.25, 0.3) is 21.7 Å². The van der Waals surface area contributed by atoms with Gasteiger partial charge in [0.1, 0.15) is 11.7 Å². The number of H-pyrrole nitrogens is 1. The molecule has 2 heterocycles. The molecule has 1 unspecified atom stereocenters. The second-order valence-electron chi connectivity index (χ2n) is 11.8. The molecule has 6 rings (SSSR count). The molecule has 8 nitrogen and oxygen atoms in total. The zero-order valence-electron chi connectivity index (χ0n) is 27.4. The van der Waals surface area contributed by atoms with E-state index in [0.717, 1.165) is 36.2 Å². The average Bonchev–Trinajstić information content (AvgIpc) is 3.76. The number of aryl methyl sites for hydroxylation is 1. The van der Waals surface area contributed by atoms with Crippen LogP contribution < -0.4 is 16.4 Å². The molecule has 244 valence electrons. The third-order valence-electron chi connectivity index (χ3n) is 8.07. The first kappa shape index (κ1) is 34.7. The van der Waals surface area contributed by atoms with E-state index in [0.29, 0.717) is 37.1 Å². The highest BCUT2D eigenvalue weighted by molar-refractivity contribution is 5.99. The Hall–Kier alpha value is -5.21. The number of nitrogens with one attached hydrogen (secondary N) is 5. The van der Waals surface area contributed by atoms with Crippen LogP contribution >= 0.6 is 0 Å². The van der Waals surface area contributed by atoms with E-state index in [1.165, 1.54) is 33.7 Å². The summed E-state index contributed by atoms with van der Waals surface area (Å²) in [7, 11) is 0. The fourth-order valence-electron chi connectivity index (χ4n) is 5.72. The van der Waals surface area contributed by atoms with E-state index in [-0.39, 0.29) is 6.41 Å². The van der Waals surface area contributed by atoms with Gasteiger partial charge in [-0.05, 0) is 86.0 Å². The number of aromatic nitrogens is 1. The Labute approximate surface area is 278 Å². The fraction of sp³-hybridized carbons (Fsp3) is 0.256. The van der Waals surface area contributed by atoms with Crippen molar-refractivity contribution in [1.82, 2.24) is 15.2 Å². The van der Waals surface area contributed by atoms with Crippen molar-refractivity contribution in [3.63, 3.8) is 0 Å². The third-order valence-corrected chi connectivity index (χ3v) is 8.07. The lowest BCUT2D eigenvalue weighted by molar-refractivity contribution is -0.106. The van der Waals surface area contributed by atoms with E-state index >= 15 is 0 Å². The Kier molecular flexibility index (Phi) is 13.3. The van der Waals surface area contributed by atoms with Crippen LogP contribution in [0.3, 0.4) is 0 Å². The van der Waals surface area contributed by atoms with Crippen molar-refractivity contribution in [1.29, 1.82) is 10.8 Å². The fourth-order valence-corrected chi connectivity index (χ4v) is 5.72. The molecule has 1 aromatic heterocycles. The second-order valence-corrected chi connectivity index (χ2v) is 11.8. The van der Waals surface area contributed by atoms with Gasteiger partial charge in [-0.1, -0.05) is 84.4 Å². The van der Waals surface area contributed by atoms with E-state index in [1.807, 2.05) is 47.5 Å². The Bertz CT molecular complexity index is 1760. The summed E-state index contributed by atoms with van der Waals surface area (Å²) in [5.74, 6) is 1.04. The van der Waals surface area contributed by atoms with Gasteiger partial charge in [0.05, 0.1) is 6.54 Å². The van der Waals surface area contributed by atoms with Crippen molar-refractivity contribution in [3.8, 4) is 0 Å². The summed E-state index contributed by atoms with van der Waals surface area (Å²) in [6.07, 6.45) is 8.62. The number of para-hydroxylation sites is 2. The van der Waals surface area contributed by atoms with E-state index < -0.39 is 0 Å². The number of hydrogen-bond donors (Lipinski definition) is 6. The van der Waals surface area contributed by atoms with Gasteiger partial charge in [-0.2, -0.15) is 0 Å². The predicted octanol–water partition coefficient (Wildman–Crippen LogP) is 7.98. The van der Waals surface area contributed by atoms with Gasteiger partial charge < -0.3 is 26.3 Å². The molecule has 7 N–H and O–H groups in total. The van der Waals surface area contributed by atoms with Crippen LogP contribution in [-0.2, 0) is 17.8 Å². The van der Waals surface area contributed by atoms with Gasteiger partial charge in [0.15, 0.2) is 0 Å². The molecule has 1 amide bonds. The Morgan fingerprint density at radius 3 is 2.30 bits per heavy atom. The summed E-state index contributed by atoms with van der Waals surface area (Å²) in [6, 6.07) is 33.5. The number of nitrogens with two attached hydrogens (primary N) is 1. The summed E-state index contributed by atoms with van der Waals surface area (Å²) in [6.45, 7) is 5.71. The molecule has 0 bridgehead atoms. The number of hydrogen-bond acceptors (Lipinski definition) is 5. The zero-order chi connectivity index (χ0) is 33.4. The van der Waals surface area contributed by atoms with Crippen LogP contribution in [0.1, 0.15) is 50.7 Å². The Morgan fingerprint density at radius 1 is 0.894 bits per heavy atom. The first-order chi connectivity index (χ1) is 22.9. The van der Waals surface area contributed by atoms with Crippen molar-refractivity contribution < 1.29 is 4.79 Å². The topological polar surface area (TPSA) is 134 Å². The minimum atomic E-state index is 0.250. The van der Waals surface area contributed by atoms with Crippen LogP contribution in [-0.4, -0.2) is 40.6 Å². The van der Waals surface area contributed by atoms with Crippen molar-refractivity contribution in [3.05, 3.63) is 126 Å². The van der Waals surface area contributed by atoms with Crippen LogP contribution in [0, 0.1) is 10.8 Å². The zero-order valence-corrected chi connectivity index (χ0v) is 27.4. The number of benzene rings is 4. The number of amidine groups is 2. The van der Waals surface area contributed by atoms with E-state index in [4.69, 9.17) is 15.6 Å². The minimum absolute atomic E-state index is 0.250. The van der Waals surface area contributed by atoms with Crippen LogP contribution in [0.5, 0.6) is 0 Å². The van der Waals surface area contributed by atoms with Crippen molar-refractivity contribution in [2.75, 3.05) is 11.9 Å². The maximum Gasteiger partial charge on any atom is 0.204 e. The third kappa shape index (κ3) is 10.4. The van der Waals surface area contributed by atoms with E-state index in [2.05, 4.69) is 102 Å². The summed E-state index contributed by atoms with van der Waals surface area (Å²) < 4.78 is 0. The smallest absolute Gasteiger partial charge is 0.204 e. The number of primary amides is 1. The number of anilines is 1. The van der Waals surface area contributed by atoms with Gasteiger partial charge in [-0.3, -0.25) is 15.6 Å². The maximum atomic E-state index is 8.97. The summed E-state index contributed by atoms with van der Waals surface area (Å²) >= 11 is 0. The minimum Gasteiger partial charge on any atom is -0.372 e. The number of fused-ring (bicyclic) bond motifs is 2. The molecule has 1 atom stereocenters. The SMILES string of the molecule is CC(C)=CNc1ccccc1.N=C(CCc1c[nH]c2ccccc12)N(Cc1cccc2ccccc12)C(=N)CC1CCCN1.NC=O. The number of nitrogens with zero attached hydrogens (tertiary/aromatic N) is 1. The molecule has 4 aromatic carbocycles. The number of rotatable bonds is 9. The summed E-state index contributed by atoms with van der Waals surface area (Å²) in [5, 5.41) is 28.2. The monoisotopic (exact) mass is 629 g/mol. The molecule has 8 heteroatoms. The molecule has 1 saturated heterocycles. The van der Waals surface area contributed by atoms with Gasteiger partial charge in [0.2, 0.25) is 6.41 Å². The van der Waals surface area contributed by atoms with Crippen molar-refractivity contribution >= 4 is 45.4 Å². The highest BCUT2D eigenvalue weighted by atomic mass is 16.1. The predicted molar refractivity (Wildman–Crippen MR) is 197 cm³/mol. The lowest BCUT2D eigenvalue weighted by Gasteiger charge is -2.28. The van der Waals surface area contributed by atoms with Crippen molar-refractivity contribution in [2.24, 2.45) is 5.73 Å². The van der Waals surface area contributed by atoms with Gasteiger partial charge in [0, 0.05) is 41.7 Å².